The molecule has 1 saturated heterocycles. The lowest BCUT2D eigenvalue weighted by Crippen LogP contribution is -2.30. The van der Waals surface area contributed by atoms with Crippen LogP contribution in [0.1, 0.15) is 43.7 Å². The van der Waals surface area contributed by atoms with E-state index in [1.165, 1.54) is 0 Å². The van der Waals surface area contributed by atoms with Crippen LogP contribution < -0.4 is 4.74 Å². The first-order valence-electron chi connectivity index (χ1n) is 10.00. The Kier molecular flexibility index (Phi) is 5.84. The van der Waals surface area contributed by atoms with Gasteiger partial charge in [-0.1, -0.05) is 5.16 Å². The first-order valence-corrected chi connectivity index (χ1v) is 10.00. The van der Waals surface area contributed by atoms with Crippen LogP contribution in [0.15, 0.2) is 53.3 Å². The quantitative estimate of drug-likeness (QED) is 0.608. The minimum atomic E-state index is 0.116. The number of nitrogens with zero attached hydrogens (tertiary/aromatic N) is 4. The molecule has 0 N–H and O–H groups in total. The van der Waals surface area contributed by atoms with Crippen LogP contribution in [0, 0.1) is 0 Å². The Morgan fingerprint density at radius 3 is 2.76 bits per heavy atom. The molecule has 2 aromatic heterocycles. The molecule has 4 rings (SSSR count). The van der Waals surface area contributed by atoms with Gasteiger partial charge in [-0.15, -0.1) is 0 Å². The lowest BCUT2D eigenvalue weighted by Gasteiger charge is -2.24. The summed E-state index contributed by atoms with van der Waals surface area (Å²) in [4.78, 5) is 23.2. The fraction of sp³-hybridized carbons (Fsp3) is 0.364. The Balaban J connectivity index is 1.36. The van der Waals surface area contributed by atoms with E-state index in [-0.39, 0.29) is 11.9 Å². The standard InChI is InChI=1S/C22H24N4O3/c1-2-28-18-7-5-17(6-8-18)22-24-20(29-25-22)9-10-21(27)26-15-3-4-19(26)16-11-13-23-14-12-16/h5-8,11-14,19H,2-4,9-10,15H2,1H3/t19-/m0/s1. The number of pyridine rings is 1. The normalized spacial score (nSPS) is 16.2. The number of hydrogen-bond acceptors (Lipinski definition) is 6. The molecule has 3 aromatic rings. The molecule has 0 spiro atoms. The van der Waals surface area contributed by atoms with E-state index < -0.39 is 0 Å². The number of likely N-dealkylation sites (tertiary alicyclic amines) is 1. The summed E-state index contributed by atoms with van der Waals surface area (Å²) in [6, 6.07) is 11.7. The van der Waals surface area contributed by atoms with Crippen molar-refractivity contribution in [3.63, 3.8) is 0 Å². The summed E-state index contributed by atoms with van der Waals surface area (Å²) >= 11 is 0. The summed E-state index contributed by atoms with van der Waals surface area (Å²) < 4.78 is 10.8. The molecule has 0 bridgehead atoms. The van der Waals surface area contributed by atoms with E-state index in [4.69, 9.17) is 9.26 Å². The molecular weight excluding hydrogens is 368 g/mol. The first kappa shape index (κ1) is 19.1. The van der Waals surface area contributed by atoms with Crippen LogP contribution in [0.4, 0.5) is 0 Å². The zero-order valence-corrected chi connectivity index (χ0v) is 16.5. The van der Waals surface area contributed by atoms with Crippen LogP contribution in [0.2, 0.25) is 0 Å². The highest BCUT2D eigenvalue weighted by atomic mass is 16.5. The van der Waals surface area contributed by atoms with Gasteiger partial charge in [0.25, 0.3) is 0 Å². The van der Waals surface area contributed by atoms with Gasteiger partial charge >= 0.3 is 0 Å². The Labute approximate surface area is 169 Å². The SMILES string of the molecule is CCOc1ccc(-c2noc(CCC(=O)N3CCC[C@H]3c3ccncc3)n2)cc1. The predicted octanol–water partition coefficient (Wildman–Crippen LogP) is 3.83. The lowest BCUT2D eigenvalue weighted by atomic mass is 10.1. The van der Waals surface area contributed by atoms with E-state index in [0.717, 1.165) is 36.3 Å². The summed E-state index contributed by atoms with van der Waals surface area (Å²) in [5.41, 5.74) is 1.99. The Morgan fingerprint density at radius 2 is 2.00 bits per heavy atom. The number of aromatic nitrogens is 3. The van der Waals surface area contributed by atoms with Crippen molar-refractivity contribution in [2.24, 2.45) is 0 Å². The zero-order valence-electron chi connectivity index (χ0n) is 16.5. The van der Waals surface area contributed by atoms with Gasteiger partial charge in [-0.3, -0.25) is 9.78 Å². The maximum atomic E-state index is 12.8. The van der Waals surface area contributed by atoms with E-state index in [1.54, 1.807) is 12.4 Å². The number of ether oxygens (including phenoxy) is 1. The fourth-order valence-corrected chi connectivity index (χ4v) is 3.70. The highest BCUT2D eigenvalue weighted by molar-refractivity contribution is 5.77. The molecule has 0 saturated carbocycles. The molecule has 0 unspecified atom stereocenters. The molecule has 3 heterocycles. The summed E-state index contributed by atoms with van der Waals surface area (Å²) in [7, 11) is 0. The molecule has 1 fully saturated rings. The van der Waals surface area contributed by atoms with Gasteiger partial charge in [0.05, 0.1) is 12.6 Å². The van der Waals surface area contributed by atoms with Crippen molar-refractivity contribution in [3.8, 4) is 17.1 Å². The highest BCUT2D eigenvalue weighted by Gasteiger charge is 2.29. The number of carbonyl (C=O) groups excluding carboxylic acids is 1. The van der Waals surface area contributed by atoms with E-state index >= 15 is 0 Å². The minimum Gasteiger partial charge on any atom is -0.494 e. The molecule has 1 aliphatic rings. The van der Waals surface area contributed by atoms with Crippen LogP contribution in [0.25, 0.3) is 11.4 Å². The van der Waals surface area contributed by atoms with Crippen LogP contribution in [-0.2, 0) is 11.2 Å². The molecule has 0 aliphatic carbocycles. The van der Waals surface area contributed by atoms with Crippen LogP contribution in [-0.4, -0.2) is 39.1 Å². The Morgan fingerprint density at radius 1 is 1.21 bits per heavy atom. The number of benzene rings is 1. The summed E-state index contributed by atoms with van der Waals surface area (Å²) in [6.45, 7) is 3.36. The second kappa shape index (κ2) is 8.86. The van der Waals surface area contributed by atoms with E-state index in [0.29, 0.717) is 31.2 Å². The molecule has 1 amide bonds. The summed E-state index contributed by atoms with van der Waals surface area (Å²) in [6.07, 6.45) is 6.34. The molecule has 29 heavy (non-hydrogen) atoms. The second-order valence-corrected chi connectivity index (χ2v) is 6.99. The maximum Gasteiger partial charge on any atom is 0.227 e. The summed E-state index contributed by atoms with van der Waals surface area (Å²) in [5, 5.41) is 4.04. The first-order chi connectivity index (χ1) is 14.2. The lowest BCUT2D eigenvalue weighted by molar-refractivity contribution is -0.132. The molecular formula is C22H24N4O3. The van der Waals surface area contributed by atoms with Crippen molar-refractivity contribution in [1.82, 2.24) is 20.0 Å². The van der Waals surface area contributed by atoms with E-state index in [2.05, 4.69) is 15.1 Å². The molecule has 7 heteroatoms. The van der Waals surface area contributed by atoms with Crippen LogP contribution >= 0.6 is 0 Å². The molecule has 1 aromatic carbocycles. The molecule has 1 atom stereocenters. The Bertz CT molecular complexity index is 940. The second-order valence-electron chi connectivity index (χ2n) is 6.99. The Hall–Kier alpha value is -3.22. The largest absolute Gasteiger partial charge is 0.494 e. The van der Waals surface area contributed by atoms with Crippen molar-refractivity contribution in [1.29, 1.82) is 0 Å². The van der Waals surface area contributed by atoms with Crippen molar-refractivity contribution < 1.29 is 14.1 Å². The smallest absolute Gasteiger partial charge is 0.227 e. The van der Waals surface area contributed by atoms with E-state index in [1.807, 2.05) is 48.2 Å². The van der Waals surface area contributed by atoms with Gasteiger partial charge in [0.15, 0.2) is 0 Å². The van der Waals surface area contributed by atoms with Gasteiger partial charge in [-0.2, -0.15) is 4.98 Å². The molecule has 150 valence electrons. The van der Waals surface area contributed by atoms with Gasteiger partial charge in [0.1, 0.15) is 5.75 Å². The average Bonchev–Trinajstić information content (AvgIpc) is 3.43. The van der Waals surface area contributed by atoms with Gasteiger partial charge in [-0.05, 0) is 61.7 Å². The van der Waals surface area contributed by atoms with Crippen molar-refractivity contribution in [2.45, 2.75) is 38.6 Å². The van der Waals surface area contributed by atoms with Crippen LogP contribution in [0.3, 0.4) is 0 Å². The average molecular weight is 392 g/mol. The third-order valence-corrected chi connectivity index (χ3v) is 5.11. The van der Waals surface area contributed by atoms with Gasteiger partial charge in [-0.25, -0.2) is 0 Å². The molecule has 0 radical (unpaired) electrons. The molecule has 7 nitrogen and oxygen atoms in total. The zero-order chi connectivity index (χ0) is 20.1. The predicted molar refractivity (Wildman–Crippen MR) is 107 cm³/mol. The van der Waals surface area contributed by atoms with Crippen molar-refractivity contribution in [3.05, 3.63) is 60.2 Å². The van der Waals surface area contributed by atoms with Gasteiger partial charge < -0.3 is 14.2 Å². The monoisotopic (exact) mass is 392 g/mol. The van der Waals surface area contributed by atoms with Crippen molar-refractivity contribution >= 4 is 5.91 Å². The number of aryl methyl sites for hydroxylation is 1. The topological polar surface area (TPSA) is 81.4 Å². The number of carbonyl (C=O) groups is 1. The summed E-state index contributed by atoms with van der Waals surface area (Å²) in [5.74, 6) is 1.92. The number of amides is 1. The maximum absolute atomic E-state index is 12.8. The van der Waals surface area contributed by atoms with E-state index in [9.17, 15) is 4.79 Å². The number of rotatable bonds is 7. The van der Waals surface area contributed by atoms with Gasteiger partial charge in [0.2, 0.25) is 17.6 Å². The third kappa shape index (κ3) is 4.45. The third-order valence-electron chi connectivity index (χ3n) is 5.11. The molecule has 1 aliphatic heterocycles. The fourth-order valence-electron chi connectivity index (χ4n) is 3.70. The van der Waals surface area contributed by atoms with Gasteiger partial charge in [0, 0.05) is 37.3 Å². The minimum absolute atomic E-state index is 0.116. The number of hydrogen-bond donors (Lipinski definition) is 0. The van der Waals surface area contributed by atoms with Crippen molar-refractivity contribution in [2.75, 3.05) is 13.2 Å². The highest BCUT2D eigenvalue weighted by Crippen LogP contribution is 2.32. The van der Waals surface area contributed by atoms with Crippen LogP contribution in [0.5, 0.6) is 5.75 Å².